The number of Topliss-reactive ketones (excluding diaryl/α,β-unsaturated/α-hetero) is 2. The molecule has 188 valence electrons. The van der Waals surface area contributed by atoms with Gasteiger partial charge in [0.1, 0.15) is 5.78 Å². The van der Waals surface area contributed by atoms with Crippen molar-refractivity contribution < 1.29 is 38.2 Å². The second kappa shape index (κ2) is 8.14. The van der Waals surface area contributed by atoms with Gasteiger partial charge in [-0.15, -0.1) is 0 Å². The highest BCUT2D eigenvalue weighted by atomic mass is 16.7. The first-order valence-electron chi connectivity index (χ1n) is 12.5. The van der Waals surface area contributed by atoms with Gasteiger partial charge in [-0.25, -0.2) is 4.79 Å². The van der Waals surface area contributed by atoms with Crippen molar-refractivity contribution in [1.29, 1.82) is 0 Å². The molecule has 4 fully saturated rings. The molecule has 35 heavy (non-hydrogen) atoms. The molecule has 5 aliphatic rings. The average Bonchev–Trinajstić information content (AvgIpc) is 3.62. The zero-order chi connectivity index (χ0) is 25.2. The summed E-state index contributed by atoms with van der Waals surface area (Å²) in [4.78, 5) is 63.9. The molecule has 0 aromatic heterocycles. The Balaban J connectivity index is 1.48. The van der Waals surface area contributed by atoms with Crippen molar-refractivity contribution in [1.82, 2.24) is 0 Å². The molecule has 0 heterocycles. The number of carbonyl (C=O) groups excluding carboxylic acids is 5. The summed E-state index contributed by atoms with van der Waals surface area (Å²) in [5.41, 5.74) is -2.10. The van der Waals surface area contributed by atoms with Crippen LogP contribution in [0.1, 0.15) is 58.8 Å². The Morgan fingerprint density at radius 1 is 1.09 bits per heavy atom. The van der Waals surface area contributed by atoms with E-state index in [9.17, 15) is 24.0 Å². The third kappa shape index (κ3) is 3.51. The molecule has 5 rings (SSSR count). The van der Waals surface area contributed by atoms with Crippen molar-refractivity contribution in [2.45, 2.75) is 64.4 Å². The predicted molar refractivity (Wildman–Crippen MR) is 122 cm³/mol. The Hall–Kier alpha value is -2.77. The molecule has 0 aliphatic heterocycles. The van der Waals surface area contributed by atoms with E-state index in [0.29, 0.717) is 12.8 Å². The molecule has 0 amide bonds. The van der Waals surface area contributed by atoms with Crippen molar-refractivity contribution in [2.75, 3.05) is 13.7 Å². The van der Waals surface area contributed by atoms with Crippen molar-refractivity contribution in [3.05, 3.63) is 23.8 Å². The number of hydrogen-bond acceptors (Lipinski definition) is 8. The van der Waals surface area contributed by atoms with E-state index in [4.69, 9.17) is 14.2 Å². The molecular formula is C27H32O8. The van der Waals surface area contributed by atoms with Crippen molar-refractivity contribution in [3.63, 3.8) is 0 Å². The van der Waals surface area contributed by atoms with Gasteiger partial charge < -0.3 is 14.2 Å². The quantitative estimate of drug-likeness (QED) is 0.545. The first-order valence-corrected chi connectivity index (χ1v) is 12.5. The third-order valence-electron chi connectivity index (χ3n) is 9.51. The molecule has 0 aromatic carbocycles. The molecular weight excluding hydrogens is 452 g/mol. The maximum Gasteiger partial charge on any atom is 0.509 e. The summed E-state index contributed by atoms with van der Waals surface area (Å²) in [6.45, 7) is 3.39. The monoisotopic (exact) mass is 484 g/mol. The van der Waals surface area contributed by atoms with E-state index in [1.807, 2.05) is 19.9 Å². The highest BCUT2D eigenvalue weighted by Gasteiger charge is 2.70. The zero-order valence-electron chi connectivity index (χ0n) is 20.5. The minimum Gasteiger partial charge on any atom is -0.457 e. The van der Waals surface area contributed by atoms with Gasteiger partial charge in [-0.3, -0.25) is 19.2 Å². The van der Waals surface area contributed by atoms with Gasteiger partial charge in [0, 0.05) is 23.2 Å². The normalized spacial score (nSPS) is 39.6. The van der Waals surface area contributed by atoms with Gasteiger partial charge in [0.05, 0.1) is 13.0 Å². The van der Waals surface area contributed by atoms with E-state index in [-0.39, 0.29) is 48.1 Å². The van der Waals surface area contributed by atoms with Crippen LogP contribution < -0.4 is 0 Å². The van der Waals surface area contributed by atoms with Crippen LogP contribution in [0.25, 0.3) is 0 Å². The minimum absolute atomic E-state index is 0.00312. The average molecular weight is 485 g/mol. The van der Waals surface area contributed by atoms with E-state index in [1.54, 1.807) is 12.2 Å². The Bertz CT molecular complexity index is 1070. The van der Waals surface area contributed by atoms with E-state index in [0.717, 1.165) is 24.8 Å². The fraction of sp³-hybridized carbons (Fsp3) is 0.667. The zero-order valence-corrected chi connectivity index (χ0v) is 20.5. The van der Waals surface area contributed by atoms with Gasteiger partial charge in [0.2, 0.25) is 5.78 Å². The van der Waals surface area contributed by atoms with Gasteiger partial charge in [-0.1, -0.05) is 25.5 Å². The molecule has 0 saturated heterocycles. The van der Waals surface area contributed by atoms with Gasteiger partial charge in [0.25, 0.3) is 0 Å². The molecule has 0 spiro atoms. The number of esters is 1. The molecule has 0 unspecified atom stereocenters. The van der Waals surface area contributed by atoms with E-state index >= 15 is 0 Å². The molecule has 0 aromatic rings. The number of allylic oxidation sites excluding steroid dienone is 4. The largest absolute Gasteiger partial charge is 0.509 e. The van der Waals surface area contributed by atoms with Crippen molar-refractivity contribution in [2.24, 2.45) is 34.5 Å². The molecule has 0 radical (unpaired) electrons. The molecule has 5 aliphatic carbocycles. The molecule has 6 atom stereocenters. The summed E-state index contributed by atoms with van der Waals surface area (Å²) < 4.78 is 15.8. The first kappa shape index (κ1) is 23.9. The van der Waals surface area contributed by atoms with Gasteiger partial charge in [-0.05, 0) is 62.5 Å². The second-order valence-corrected chi connectivity index (χ2v) is 11.3. The Labute approximate surface area is 204 Å². The van der Waals surface area contributed by atoms with Gasteiger partial charge in [-0.2, -0.15) is 0 Å². The maximum atomic E-state index is 13.8. The molecule has 0 N–H and O–H groups in total. The number of ketones is 3. The number of ether oxygens (including phenoxy) is 3. The lowest BCUT2D eigenvalue weighted by atomic mass is 9.46. The molecule has 4 saturated carbocycles. The van der Waals surface area contributed by atoms with Crippen LogP contribution in [0.5, 0.6) is 0 Å². The van der Waals surface area contributed by atoms with Crippen LogP contribution in [0.15, 0.2) is 23.8 Å². The summed E-state index contributed by atoms with van der Waals surface area (Å²) in [5, 5.41) is 0. The molecule has 0 bridgehead atoms. The number of rotatable bonds is 5. The van der Waals surface area contributed by atoms with Crippen molar-refractivity contribution >= 4 is 29.5 Å². The fourth-order valence-corrected chi connectivity index (χ4v) is 7.57. The summed E-state index contributed by atoms with van der Waals surface area (Å²) in [6, 6.07) is 0. The van der Waals surface area contributed by atoms with Crippen LogP contribution in [0.4, 0.5) is 4.79 Å². The second-order valence-electron chi connectivity index (χ2n) is 11.3. The summed E-state index contributed by atoms with van der Waals surface area (Å²) in [6.07, 6.45) is 7.92. The third-order valence-corrected chi connectivity index (χ3v) is 9.51. The topological polar surface area (TPSA) is 113 Å². The van der Waals surface area contributed by atoms with Crippen LogP contribution in [0, 0.1) is 34.5 Å². The number of methoxy groups -OCH3 is 1. The van der Waals surface area contributed by atoms with Gasteiger partial charge in [0.15, 0.2) is 18.0 Å². The van der Waals surface area contributed by atoms with Gasteiger partial charge >= 0.3 is 12.1 Å². The van der Waals surface area contributed by atoms with Crippen molar-refractivity contribution in [3.8, 4) is 0 Å². The fourth-order valence-electron chi connectivity index (χ4n) is 7.57. The summed E-state index contributed by atoms with van der Waals surface area (Å²) in [5.74, 6) is -1.51. The number of carbonyl (C=O) groups is 5. The standard InChI is InChI=1S/C27H32O8/c1-25-10-8-17(28)12-16(25)6-7-18-19-9-11-27(35-24(32)33-3,26(19,2)13-20(29)22(18)25)21(30)14-34-23(31)15-4-5-15/h8,10,12,15,18-19,22H,4-7,9,11,13-14H2,1-3H3/t18-,19-,22+,25-,26-,27-/m0/s1. The van der Waals surface area contributed by atoms with E-state index < -0.39 is 40.9 Å². The van der Waals surface area contributed by atoms with Crippen LogP contribution >= 0.6 is 0 Å². The summed E-state index contributed by atoms with van der Waals surface area (Å²) in [7, 11) is 1.18. The molecule has 8 nitrogen and oxygen atoms in total. The summed E-state index contributed by atoms with van der Waals surface area (Å²) >= 11 is 0. The van der Waals surface area contributed by atoms with Crippen LogP contribution in [0.3, 0.4) is 0 Å². The minimum atomic E-state index is -1.61. The maximum absolute atomic E-state index is 13.8. The smallest absolute Gasteiger partial charge is 0.457 e. The first-order chi connectivity index (χ1) is 16.6. The number of fused-ring (bicyclic) bond motifs is 5. The highest BCUT2D eigenvalue weighted by molar-refractivity contribution is 6.02. The predicted octanol–water partition coefficient (Wildman–Crippen LogP) is 3.52. The van der Waals surface area contributed by atoms with Crippen LogP contribution in [-0.4, -0.2) is 48.8 Å². The number of hydrogen-bond donors (Lipinski definition) is 0. The lowest BCUT2D eigenvalue weighted by molar-refractivity contribution is -0.176. The Kier molecular flexibility index (Phi) is 5.57. The molecule has 8 heteroatoms. The van der Waals surface area contributed by atoms with Crippen LogP contribution in [0.2, 0.25) is 0 Å². The highest BCUT2D eigenvalue weighted by Crippen LogP contribution is 2.67. The lowest BCUT2D eigenvalue weighted by Gasteiger charge is -2.57. The Morgan fingerprint density at radius 2 is 1.83 bits per heavy atom. The lowest BCUT2D eigenvalue weighted by Crippen LogP contribution is -2.62. The Morgan fingerprint density at radius 3 is 2.51 bits per heavy atom. The van der Waals surface area contributed by atoms with E-state index in [1.165, 1.54) is 7.11 Å². The SMILES string of the molecule is COC(=O)O[C@]1(C(=O)COC(=O)C2CC2)CC[C@H]2[C@@H]3CCC4=CC(=O)C=C[C@]4(C)[C@H]3C(=O)C[C@@]21C. The van der Waals surface area contributed by atoms with E-state index in [2.05, 4.69) is 0 Å². The van der Waals surface area contributed by atoms with Crippen LogP contribution in [-0.2, 0) is 33.4 Å².